The molecule has 0 aliphatic heterocycles. The second kappa shape index (κ2) is 9.85. The van der Waals surface area contributed by atoms with Crippen LogP contribution in [0.3, 0.4) is 0 Å². The van der Waals surface area contributed by atoms with Gasteiger partial charge in [0.1, 0.15) is 6.61 Å². The quantitative estimate of drug-likeness (QED) is 0.319. The molecule has 1 atom stereocenters. The molecule has 6 nitrogen and oxygen atoms in total. The standard InChI is InChI=1S/C18H24NO5PS2/c1-14-11-17(26-12-14)23-10-4-3-5-15-6-7-16(27-15)8-9-18(2,19)13-24-25(20,21)22/h6-7,11-12H,4,8-10,13,19H2,1-2H3,(H2,20,21,22). The van der Waals surface area contributed by atoms with Crippen molar-refractivity contribution in [3.63, 3.8) is 0 Å². The first-order valence-electron chi connectivity index (χ1n) is 8.37. The molecule has 0 bridgehead atoms. The molecule has 2 heterocycles. The molecule has 0 aromatic carbocycles. The molecule has 2 aromatic heterocycles. The molecule has 0 saturated carbocycles. The summed E-state index contributed by atoms with van der Waals surface area (Å²) in [4.78, 5) is 19.6. The maximum Gasteiger partial charge on any atom is 0.469 e. The van der Waals surface area contributed by atoms with Gasteiger partial charge in [0.05, 0.1) is 11.5 Å². The van der Waals surface area contributed by atoms with Gasteiger partial charge < -0.3 is 20.3 Å². The van der Waals surface area contributed by atoms with E-state index in [2.05, 4.69) is 21.7 Å². The molecular weight excluding hydrogens is 405 g/mol. The predicted molar refractivity (Wildman–Crippen MR) is 109 cm³/mol. The van der Waals surface area contributed by atoms with Crippen LogP contribution in [0.5, 0.6) is 5.06 Å². The van der Waals surface area contributed by atoms with Gasteiger partial charge in [-0.3, -0.25) is 4.52 Å². The normalized spacial score (nSPS) is 13.7. The van der Waals surface area contributed by atoms with Gasteiger partial charge in [0.15, 0.2) is 5.06 Å². The average Bonchev–Trinajstić information content (AvgIpc) is 3.19. The summed E-state index contributed by atoms with van der Waals surface area (Å²) in [5.74, 6) is 6.24. The van der Waals surface area contributed by atoms with Crippen LogP contribution < -0.4 is 10.5 Å². The summed E-state index contributed by atoms with van der Waals surface area (Å²) >= 11 is 3.18. The maximum absolute atomic E-state index is 10.8. The van der Waals surface area contributed by atoms with Crippen molar-refractivity contribution in [3.05, 3.63) is 38.9 Å². The zero-order valence-electron chi connectivity index (χ0n) is 15.3. The Morgan fingerprint density at radius 1 is 1.37 bits per heavy atom. The second-order valence-electron chi connectivity index (χ2n) is 6.53. The van der Waals surface area contributed by atoms with Gasteiger partial charge in [-0.2, -0.15) is 0 Å². The summed E-state index contributed by atoms with van der Waals surface area (Å²) in [6.07, 6.45) is 1.91. The Labute approximate surface area is 167 Å². The molecule has 2 aromatic rings. The van der Waals surface area contributed by atoms with E-state index < -0.39 is 13.4 Å². The second-order valence-corrected chi connectivity index (χ2v) is 9.81. The van der Waals surface area contributed by atoms with Crippen molar-refractivity contribution in [1.29, 1.82) is 0 Å². The fourth-order valence-electron chi connectivity index (χ4n) is 2.12. The Morgan fingerprint density at radius 3 is 2.81 bits per heavy atom. The lowest BCUT2D eigenvalue weighted by molar-refractivity contribution is 0.154. The summed E-state index contributed by atoms with van der Waals surface area (Å²) in [5, 5.41) is 2.97. The third kappa shape index (κ3) is 9.04. The van der Waals surface area contributed by atoms with E-state index in [1.165, 1.54) is 5.56 Å². The molecular formula is C18H24NO5PS2. The van der Waals surface area contributed by atoms with Crippen LogP contribution in [0.15, 0.2) is 23.6 Å². The van der Waals surface area contributed by atoms with E-state index >= 15 is 0 Å². The van der Waals surface area contributed by atoms with Gasteiger partial charge in [-0.25, -0.2) is 4.57 Å². The van der Waals surface area contributed by atoms with Crippen LogP contribution in [-0.4, -0.2) is 28.5 Å². The Hall–Kier alpha value is -1.17. The Morgan fingerprint density at radius 2 is 2.15 bits per heavy atom. The smallest absolute Gasteiger partial charge is 0.469 e. The van der Waals surface area contributed by atoms with E-state index in [1.807, 2.05) is 25.1 Å². The van der Waals surface area contributed by atoms with Crippen molar-refractivity contribution in [1.82, 2.24) is 0 Å². The highest BCUT2D eigenvalue weighted by atomic mass is 32.1. The van der Waals surface area contributed by atoms with Crippen LogP contribution >= 0.6 is 30.5 Å². The fraction of sp³-hybridized carbons (Fsp3) is 0.444. The monoisotopic (exact) mass is 429 g/mol. The summed E-state index contributed by atoms with van der Waals surface area (Å²) < 4.78 is 20.9. The first kappa shape index (κ1) is 22.1. The van der Waals surface area contributed by atoms with Gasteiger partial charge in [-0.15, -0.1) is 22.7 Å². The molecule has 0 aliphatic carbocycles. The van der Waals surface area contributed by atoms with Crippen molar-refractivity contribution in [2.24, 2.45) is 5.73 Å². The van der Waals surface area contributed by atoms with E-state index in [-0.39, 0.29) is 6.61 Å². The van der Waals surface area contributed by atoms with Crippen molar-refractivity contribution < 1.29 is 23.6 Å². The van der Waals surface area contributed by atoms with Crippen molar-refractivity contribution >= 4 is 30.5 Å². The molecule has 2 rings (SSSR count). The van der Waals surface area contributed by atoms with Gasteiger partial charge >= 0.3 is 7.82 Å². The summed E-state index contributed by atoms with van der Waals surface area (Å²) in [5.41, 5.74) is 6.43. The highest BCUT2D eigenvalue weighted by Crippen LogP contribution is 2.37. The predicted octanol–water partition coefficient (Wildman–Crippen LogP) is 3.70. The molecule has 0 aliphatic rings. The van der Waals surface area contributed by atoms with E-state index in [0.29, 0.717) is 25.9 Å². The van der Waals surface area contributed by atoms with Gasteiger partial charge in [-0.05, 0) is 55.8 Å². The SMILES string of the molecule is Cc1csc(OCCC#Cc2ccc(CCC(C)(N)COP(=O)(O)O)s2)c1. The zero-order chi connectivity index (χ0) is 19.9. The van der Waals surface area contributed by atoms with E-state index in [0.717, 1.165) is 14.8 Å². The number of aryl methyl sites for hydroxylation is 2. The maximum atomic E-state index is 10.8. The minimum atomic E-state index is -4.50. The minimum absolute atomic E-state index is 0.195. The van der Waals surface area contributed by atoms with E-state index in [4.69, 9.17) is 20.3 Å². The molecule has 0 spiro atoms. The van der Waals surface area contributed by atoms with Crippen LogP contribution in [0.4, 0.5) is 0 Å². The lowest BCUT2D eigenvalue weighted by Crippen LogP contribution is -2.41. The zero-order valence-corrected chi connectivity index (χ0v) is 17.8. The Balaban J connectivity index is 1.73. The molecule has 0 radical (unpaired) electrons. The van der Waals surface area contributed by atoms with Gasteiger partial charge in [0.2, 0.25) is 0 Å². The van der Waals surface area contributed by atoms with E-state index in [1.54, 1.807) is 29.6 Å². The number of nitrogens with two attached hydrogens (primary N) is 1. The number of thiophene rings is 2. The summed E-state index contributed by atoms with van der Waals surface area (Å²) in [7, 11) is -4.50. The number of phosphoric ester groups is 1. The number of hydrogen-bond acceptors (Lipinski definition) is 6. The van der Waals surface area contributed by atoms with Crippen LogP contribution in [0.1, 0.15) is 35.1 Å². The van der Waals surface area contributed by atoms with Crippen LogP contribution in [0, 0.1) is 18.8 Å². The van der Waals surface area contributed by atoms with Crippen molar-refractivity contribution in [2.75, 3.05) is 13.2 Å². The first-order valence-corrected chi connectivity index (χ1v) is 11.6. The molecule has 0 amide bonds. The molecule has 0 fully saturated rings. The van der Waals surface area contributed by atoms with E-state index in [9.17, 15) is 4.57 Å². The highest BCUT2D eigenvalue weighted by Gasteiger charge is 2.24. The lowest BCUT2D eigenvalue weighted by Gasteiger charge is -2.24. The molecule has 27 heavy (non-hydrogen) atoms. The largest absolute Gasteiger partial charge is 0.483 e. The third-order valence-corrected chi connectivity index (χ3v) is 6.04. The van der Waals surface area contributed by atoms with Gasteiger partial charge in [0.25, 0.3) is 0 Å². The average molecular weight is 430 g/mol. The molecule has 9 heteroatoms. The number of ether oxygens (including phenoxy) is 1. The number of phosphoric acid groups is 1. The fourth-order valence-corrected chi connectivity index (χ4v) is 4.25. The molecule has 0 saturated heterocycles. The minimum Gasteiger partial charge on any atom is -0.483 e. The molecule has 1 unspecified atom stereocenters. The number of rotatable bonds is 9. The highest BCUT2D eigenvalue weighted by molar-refractivity contribution is 7.46. The summed E-state index contributed by atoms with van der Waals surface area (Å²) in [6, 6.07) is 5.98. The van der Waals surface area contributed by atoms with Gasteiger partial charge in [0, 0.05) is 16.8 Å². The van der Waals surface area contributed by atoms with Crippen molar-refractivity contribution in [2.45, 2.75) is 38.6 Å². The van der Waals surface area contributed by atoms with Crippen molar-refractivity contribution in [3.8, 4) is 16.9 Å². The van der Waals surface area contributed by atoms with Gasteiger partial charge in [-0.1, -0.05) is 11.8 Å². The molecule has 4 N–H and O–H groups in total. The topological polar surface area (TPSA) is 102 Å². The van der Waals surface area contributed by atoms with Crippen LogP contribution in [0.2, 0.25) is 0 Å². The lowest BCUT2D eigenvalue weighted by atomic mass is 9.98. The Bertz CT molecular complexity index is 843. The molecule has 148 valence electrons. The third-order valence-electron chi connectivity index (χ3n) is 3.56. The number of hydrogen-bond donors (Lipinski definition) is 3. The van der Waals surface area contributed by atoms with Crippen LogP contribution in [-0.2, 0) is 15.5 Å². The van der Waals surface area contributed by atoms with Crippen LogP contribution in [0.25, 0.3) is 0 Å². The first-order chi connectivity index (χ1) is 12.6. The summed E-state index contributed by atoms with van der Waals surface area (Å²) in [6.45, 7) is 4.12. The Kier molecular flexibility index (Phi) is 8.07.